The highest BCUT2D eigenvalue weighted by molar-refractivity contribution is 14.0. The Morgan fingerprint density at radius 2 is 2.05 bits per heavy atom. The minimum absolute atomic E-state index is 0. The van der Waals surface area contributed by atoms with Gasteiger partial charge in [0.15, 0.2) is 5.96 Å². The first-order valence-electron chi connectivity index (χ1n) is 6.20. The molecule has 0 radical (unpaired) electrons. The third-order valence-electron chi connectivity index (χ3n) is 2.77. The summed E-state index contributed by atoms with van der Waals surface area (Å²) >= 11 is 0. The number of aliphatic imine (C=N–C) groups is 1. The number of nitrogens with zero attached hydrogens (tertiary/aromatic N) is 2. The zero-order chi connectivity index (χ0) is 13.7. The molecule has 19 heavy (non-hydrogen) atoms. The highest BCUT2D eigenvalue weighted by atomic mass is 127. The van der Waals surface area contributed by atoms with E-state index in [9.17, 15) is 4.39 Å². The van der Waals surface area contributed by atoms with Crippen LogP contribution >= 0.6 is 24.0 Å². The molecule has 108 valence electrons. The maximum absolute atomic E-state index is 13.5. The van der Waals surface area contributed by atoms with E-state index >= 15 is 0 Å². The summed E-state index contributed by atoms with van der Waals surface area (Å²) in [6.07, 6.45) is 0. The summed E-state index contributed by atoms with van der Waals surface area (Å²) in [5.41, 5.74) is 1.59. The van der Waals surface area contributed by atoms with Gasteiger partial charge in [-0.1, -0.05) is 12.1 Å². The van der Waals surface area contributed by atoms with Crippen LogP contribution in [0, 0.1) is 12.7 Å². The van der Waals surface area contributed by atoms with Crippen molar-refractivity contribution in [1.82, 2.24) is 10.2 Å². The molecule has 0 heterocycles. The normalized spacial score (nSPS) is 12.6. The molecule has 1 N–H and O–H groups in total. The third kappa shape index (κ3) is 5.34. The molecule has 0 saturated carbocycles. The van der Waals surface area contributed by atoms with E-state index in [-0.39, 0.29) is 35.8 Å². The average molecular weight is 379 g/mol. The molecule has 1 atom stereocenters. The van der Waals surface area contributed by atoms with Crippen molar-refractivity contribution >= 4 is 29.9 Å². The smallest absolute Gasteiger partial charge is 0.193 e. The Labute approximate surface area is 132 Å². The summed E-state index contributed by atoms with van der Waals surface area (Å²) in [5.74, 6) is 0.644. The fourth-order valence-corrected chi connectivity index (χ4v) is 1.62. The molecule has 5 heteroatoms. The zero-order valence-electron chi connectivity index (χ0n) is 12.2. The number of benzene rings is 1. The molecule has 0 spiro atoms. The predicted molar refractivity (Wildman–Crippen MR) is 89.8 cm³/mol. The molecule has 1 unspecified atom stereocenters. The van der Waals surface area contributed by atoms with Crippen LogP contribution < -0.4 is 5.32 Å². The summed E-state index contributed by atoms with van der Waals surface area (Å²) in [5, 5.41) is 3.29. The standard InChI is InChI=1S/C14H22FN3.HI/c1-6-16-14(18(4)5)17-11(3)12-8-7-10(2)13(15)9-12;/h7-9,11H,6H2,1-5H3,(H,16,17);1H. The molecule has 0 aliphatic heterocycles. The van der Waals surface area contributed by atoms with Crippen molar-refractivity contribution in [2.45, 2.75) is 26.8 Å². The van der Waals surface area contributed by atoms with Crippen LogP contribution in [0.2, 0.25) is 0 Å². The van der Waals surface area contributed by atoms with E-state index in [1.165, 1.54) is 0 Å². The molecule has 0 aliphatic rings. The number of nitrogens with one attached hydrogen (secondary N) is 1. The number of guanidine groups is 1. The molecule has 1 aromatic rings. The topological polar surface area (TPSA) is 27.6 Å². The lowest BCUT2D eigenvalue weighted by Crippen LogP contribution is -2.38. The summed E-state index contributed by atoms with van der Waals surface area (Å²) in [6.45, 7) is 6.47. The van der Waals surface area contributed by atoms with Crippen LogP contribution in [-0.2, 0) is 0 Å². The summed E-state index contributed by atoms with van der Waals surface area (Å²) < 4.78 is 13.5. The maximum atomic E-state index is 13.5. The van der Waals surface area contributed by atoms with Crippen LogP contribution in [0.5, 0.6) is 0 Å². The van der Waals surface area contributed by atoms with Gasteiger partial charge in [0.1, 0.15) is 5.82 Å². The molecule has 1 rings (SSSR count). The summed E-state index contributed by atoms with van der Waals surface area (Å²) in [4.78, 5) is 6.29. The van der Waals surface area contributed by atoms with Crippen LogP contribution in [0.3, 0.4) is 0 Å². The fraction of sp³-hybridized carbons (Fsp3) is 0.500. The van der Waals surface area contributed by atoms with Crippen molar-refractivity contribution in [3.63, 3.8) is 0 Å². The van der Waals surface area contributed by atoms with Gasteiger partial charge in [-0.15, -0.1) is 24.0 Å². The van der Waals surface area contributed by atoms with Gasteiger partial charge < -0.3 is 10.2 Å². The fourth-order valence-electron chi connectivity index (χ4n) is 1.62. The van der Waals surface area contributed by atoms with E-state index in [1.54, 1.807) is 19.1 Å². The first-order valence-corrected chi connectivity index (χ1v) is 6.20. The van der Waals surface area contributed by atoms with Gasteiger partial charge in [-0.3, -0.25) is 4.99 Å². The molecule has 3 nitrogen and oxygen atoms in total. The van der Waals surface area contributed by atoms with Gasteiger partial charge in [0.05, 0.1) is 6.04 Å². The maximum Gasteiger partial charge on any atom is 0.193 e. The van der Waals surface area contributed by atoms with Crippen LogP contribution in [-0.4, -0.2) is 31.5 Å². The second-order valence-corrected chi connectivity index (χ2v) is 4.57. The Kier molecular flexibility index (Phi) is 7.97. The second kappa shape index (κ2) is 8.35. The quantitative estimate of drug-likeness (QED) is 0.496. The van der Waals surface area contributed by atoms with Crippen LogP contribution in [0.1, 0.15) is 31.0 Å². The number of aryl methyl sites for hydroxylation is 1. The highest BCUT2D eigenvalue weighted by Crippen LogP contribution is 2.16. The predicted octanol–water partition coefficient (Wildman–Crippen LogP) is 3.34. The lowest BCUT2D eigenvalue weighted by Gasteiger charge is -2.22. The van der Waals surface area contributed by atoms with E-state index in [1.807, 2.05) is 38.9 Å². The van der Waals surface area contributed by atoms with Crippen LogP contribution in [0.15, 0.2) is 23.2 Å². The van der Waals surface area contributed by atoms with Crippen molar-refractivity contribution in [3.8, 4) is 0 Å². The van der Waals surface area contributed by atoms with Gasteiger partial charge in [0, 0.05) is 20.6 Å². The van der Waals surface area contributed by atoms with Crippen molar-refractivity contribution in [2.75, 3.05) is 20.6 Å². The van der Waals surface area contributed by atoms with Gasteiger partial charge >= 0.3 is 0 Å². The largest absolute Gasteiger partial charge is 0.350 e. The number of hydrogen-bond donors (Lipinski definition) is 1. The number of rotatable bonds is 3. The van der Waals surface area contributed by atoms with E-state index in [0.29, 0.717) is 5.56 Å². The molecule has 0 fully saturated rings. The van der Waals surface area contributed by atoms with E-state index in [2.05, 4.69) is 10.3 Å². The summed E-state index contributed by atoms with van der Waals surface area (Å²) in [6, 6.07) is 5.34. The van der Waals surface area contributed by atoms with Gasteiger partial charge in [-0.05, 0) is 38.0 Å². The molecule has 0 aliphatic carbocycles. The first kappa shape index (κ1) is 18.1. The van der Waals surface area contributed by atoms with Gasteiger partial charge in [-0.2, -0.15) is 0 Å². The molecular weight excluding hydrogens is 356 g/mol. The Balaban J connectivity index is 0.00000324. The zero-order valence-corrected chi connectivity index (χ0v) is 14.5. The Morgan fingerprint density at radius 1 is 1.42 bits per heavy atom. The average Bonchev–Trinajstić information content (AvgIpc) is 2.31. The van der Waals surface area contributed by atoms with E-state index < -0.39 is 0 Å². The Hall–Kier alpha value is -0.850. The lowest BCUT2D eigenvalue weighted by molar-refractivity contribution is 0.551. The molecule has 0 saturated heterocycles. The molecule has 0 amide bonds. The highest BCUT2D eigenvalue weighted by Gasteiger charge is 2.10. The Bertz CT molecular complexity index is 433. The molecule has 1 aromatic carbocycles. The second-order valence-electron chi connectivity index (χ2n) is 4.57. The van der Waals surface area contributed by atoms with Crippen molar-refractivity contribution in [1.29, 1.82) is 0 Å². The SMILES string of the molecule is CCN=C(NC(C)c1ccc(C)c(F)c1)N(C)C.I. The molecule has 0 bridgehead atoms. The van der Waals surface area contributed by atoms with Crippen molar-refractivity contribution < 1.29 is 4.39 Å². The lowest BCUT2D eigenvalue weighted by atomic mass is 10.1. The minimum atomic E-state index is -0.167. The Morgan fingerprint density at radius 3 is 2.53 bits per heavy atom. The van der Waals surface area contributed by atoms with Gasteiger partial charge in [0.2, 0.25) is 0 Å². The third-order valence-corrected chi connectivity index (χ3v) is 2.77. The minimum Gasteiger partial charge on any atom is -0.350 e. The van der Waals surface area contributed by atoms with Crippen molar-refractivity contribution in [2.24, 2.45) is 4.99 Å². The van der Waals surface area contributed by atoms with E-state index in [4.69, 9.17) is 0 Å². The van der Waals surface area contributed by atoms with E-state index in [0.717, 1.165) is 18.1 Å². The summed E-state index contributed by atoms with van der Waals surface area (Å²) in [7, 11) is 3.87. The van der Waals surface area contributed by atoms with Gasteiger partial charge in [0.25, 0.3) is 0 Å². The van der Waals surface area contributed by atoms with Crippen LogP contribution in [0.25, 0.3) is 0 Å². The van der Waals surface area contributed by atoms with Crippen LogP contribution in [0.4, 0.5) is 4.39 Å². The van der Waals surface area contributed by atoms with Gasteiger partial charge in [-0.25, -0.2) is 4.39 Å². The first-order chi connectivity index (χ1) is 8.45. The number of hydrogen-bond acceptors (Lipinski definition) is 1. The molecule has 0 aromatic heterocycles. The monoisotopic (exact) mass is 379 g/mol. The van der Waals surface area contributed by atoms with Crippen molar-refractivity contribution in [3.05, 3.63) is 35.1 Å². The number of halogens is 2. The molecular formula is C14H23FIN3.